The van der Waals surface area contributed by atoms with Gasteiger partial charge < -0.3 is 14.7 Å². The highest BCUT2D eigenvalue weighted by Crippen LogP contribution is 2.17. The molecule has 0 aliphatic carbocycles. The van der Waals surface area contributed by atoms with Gasteiger partial charge in [-0.2, -0.15) is 0 Å². The number of aliphatic hydroxyl groups excluding tert-OH is 1. The molecule has 0 spiro atoms. The van der Waals surface area contributed by atoms with Crippen LogP contribution in [0.25, 0.3) is 0 Å². The number of piperidine rings is 1. The van der Waals surface area contributed by atoms with Crippen molar-refractivity contribution in [2.24, 2.45) is 5.92 Å². The molecule has 1 aliphatic heterocycles. The molecular weight excluding hydrogens is 226 g/mol. The number of hydrogen-bond donors (Lipinski definition) is 1. The van der Waals surface area contributed by atoms with Crippen molar-refractivity contribution < 1.29 is 9.84 Å². The largest absolute Gasteiger partial charge is 0.494 e. The molecule has 2 unspecified atom stereocenters. The van der Waals surface area contributed by atoms with Crippen molar-refractivity contribution >= 4 is 0 Å². The van der Waals surface area contributed by atoms with Crippen LogP contribution in [-0.4, -0.2) is 42.4 Å². The predicted octanol–water partition coefficient (Wildman–Crippen LogP) is 2.16. The summed E-state index contributed by atoms with van der Waals surface area (Å²) in [5, 5.41) is 9.81. The summed E-state index contributed by atoms with van der Waals surface area (Å²) >= 11 is 0. The molecule has 0 amide bonds. The Bertz CT molecular complexity index is 342. The molecule has 3 heteroatoms. The quantitative estimate of drug-likeness (QED) is 0.812. The Morgan fingerprint density at radius 2 is 2.11 bits per heavy atom. The smallest absolute Gasteiger partial charge is 0.119 e. The number of β-amino-alcohol motifs (C(OH)–C–C–N with tert-alkyl or cyclic N) is 1. The minimum absolute atomic E-state index is 0.159. The predicted molar refractivity (Wildman–Crippen MR) is 72.8 cm³/mol. The van der Waals surface area contributed by atoms with Crippen LogP contribution in [0.4, 0.5) is 0 Å². The van der Waals surface area contributed by atoms with E-state index in [-0.39, 0.29) is 6.10 Å². The molecule has 1 aromatic carbocycles. The Labute approximate surface area is 109 Å². The highest BCUT2D eigenvalue weighted by Gasteiger charge is 2.23. The van der Waals surface area contributed by atoms with Crippen LogP contribution >= 0.6 is 0 Å². The highest BCUT2D eigenvalue weighted by atomic mass is 16.5. The van der Waals surface area contributed by atoms with Crippen molar-refractivity contribution in [2.45, 2.75) is 25.9 Å². The molecule has 3 nitrogen and oxygen atoms in total. The Morgan fingerprint density at radius 1 is 1.33 bits per heavy atom. The minimum atomic E-state index is -0.159. The van der Waals surface area contributed by atoms with Gasteiger partial charge in [-0.05, 0) is 37.4 Å². The lowest BCUT2D eigenvalue weighted by molar-refractivity contribution is 0.0275. The lowest BCUT2D eigenvalue weighted by Crippen LogP contribution is -2.43. The van der Waals surface area contributed by atoms with Crippen molar-refractivity contribution in [3.8, 4) is 5.75 Å². The zero-order chi connectivity index (χ0) is 12.8. The Kier molecular flexibility index (Phi) is 5.02. The second-order valence-corrected chi connectivity index (χ2v) is 5.15. The van der Waals surface area contributed by atoms with Crippen LogP contribution in [0.5, 0.6) is 5.75 Å². The Morgan fingerprint density at radius 3 is 2.83 bits per heavy atom. The second kappa shape index (κ2) is 6.76. The van der Waals surface area contributed by atoms with Gasteiger partial charge in [-0.1, -0.05) is 25.1 Å². The first-order valence-corrected chi connectivity index (χ1v) is 6.84. The van der Waals surface area contributed by atoms with Gasteiger partial charge in [0.05, 0.1) is 12.7 Å². The van der Waals surface area contributed by atoms with Gasteiger partial charge in [0.1, 0.15) is 5.75 Å². The van der Waals surface area contributed by atoms with E-state index >= 15 is 0 Å². The molecule has 0 radical (unpaired) electrons. The first kappa shape index (κ1) is 13.4. The number of ether oxygens (including phenoxy) is 1. The molecule has 0 saturated carbocycles. The van der Waals surface area contributed by atoms with Crippen molar-refractivity contribution in [1.29, 1.82) is 0 Å². The Balaban J connectivity index is 1.61. The maximum absolute atomic E-state index is 9.81. The summed E-state index contributed by atoms with van der Waals surface area (Å²) in [6.07, 6.45) is 1.95. The topological polar surface area (TPSA) is 32.7 Å². The van der Waals surface area contributed by atoms with Gasteiger partial charge in [0.15, 0.2) is 0 Å². The van der Waals surface area contributed by atoms with E-state index in [1.807, 2.05) is 30.3 Å². The summed E-state index contributed by atoms with van der Waals surface area (Å²) in [6.45, 7) is 5.79. The number of benzene rings is 1. The Hall–Kier alpha value is -1.06. The van der Waals surface area contributed by atoms with E-state index in [1.165, 1.54) is 0 Å². The van der Waals surface area contributed by atoms with Gasteiger partial charge >= 0.3 is 0 Å². The SMILES string of the molecule is CC1CCN(CCCOc2ccccc2)CC1O. The number of hydrogen-bond acceptors (Lipinski definition) is 3. The summed E-state index contributed by atoms with van der Waals surface area (Å²) in [7, 11) is 0. The highest BCUT2D eigenvalue weighted by molar-refractivity contribution is 5.20. The van der Waals surface area contributed by atoms with Gasteiger partial charge in [-0.15, -0.1) is 0 Å². The lowest BCUT2D eigenvalue weighted by atomic mass is 9.96. The molecule has 1 aromatic rings. The van der Waals surface area contributed by atoms with E-state index in [0.717, 1.165) is 44.8 Å². The van der Waals surface area contributed by atoms with Crippen LogP contribution < -0.4 is 4.74 Å². The molecule has 2 atom stereocenters. The van der Waals surface area contributed by atoms with Crippen molar-refractivity contribution in [3.05, 3.63) is 30.3 Å². The minimum Gasteiger partial charge on any atom is -0.494 e. The maximum Gasteiger partial charge on any atom is 0.119 e. The third-order valence-electron chi connectivity index (χ3n) is 3.63. The molecule has 0 aromatic heterocycles. The third-order valence-corrected chi connectivity index (χ3v) is 3.63. The third kappa shape index (κ3) is 4.00. The van der Waals surface area contributed by atoms with Crippen LogP contribution in [0, 0.1) is 5.92 Å². The molecule has 18 heavy (non-hydrogen) atoms. The average molecular weight is 249 g/mol. The number of nitrogens with zero attached hydrogens (tertiary/aromatic N) is 1. The van der Waals surface area contributed by atoms with Gasteiger partial charge in [-0.3, -0.25) is 0 Å². The standard InChI is InChI=1S/C15H23NO2/c1-13-8-10-16(12-15(13)17)9-5-11-18-14-6-3-2-4-7-14/h2-4,6-7,13,15,17H,5,8-12H2,1H3. The summed E-state index contributed by atoms with van der Waals surface area (Å²) in [6, 6.07) is 9.91. The van der Waals surface area contributed by atoms with Crippen LogP contribution in [0.3, 0.4) is 0 Å². The summed E-state index contributed by atoms with van der Waals surface area (Å²) < 4.78 is 5.66. The van der Waals surface area contributed by atoms with Gasteiger partial charge in [0.2, 0.25) is 0 Å². The molecule has 2 rings (SSSR count). The normalized spacial score (nSPS) is 25.0. The first-order chi connectivity index (χ1) is 8.75. The van der Waals surface area contributed by atoms with Crippen LogP contribution in [0.15, 0.2) is 30.3 Å². The number of aliphatic hydroxyl groups is 1. The fourth-order valence-electron chi connectivity index (χ4n) is 2.31. The zero-order valence-electron chi connectivity index (χ0n) is 11.1. The van der Waals surface area contributed by atoms with E-state index < -0.39 is 0 Å². The maximum atomic E-state index is 9.81. The number of likely N-dealkylation sites (tertiary alicyclic amines) is 1. The number of rotatable bonds is 5. The fourth-order valence-corrected chi connectivity index (χ4v) is 2.31. The molecule has 1 heterocycles. The molecule has 100 valence electrons. The lowest BCUT2D eigenvalue weighted by Gasteiger charge is -2.34. The molecular formula is C15H23NO2. The van der Waals surface area contributed by atoms with E-state index in [4.69, 9.17) is 4.74 Å². The van der Waals surface area contributed by atoms with Crippen LogP contribution in [-0.2, 0) is 0 Å². The molecule has 1 N–H and O–H groups in total. The van der Waals surface area contributed by atoms with Crippen LogP contribution in [0.2, 0.25) is 0 Å². The molecule has 0 bridgehead atoms. The first-order valence-electron chi connectivity index (χ1n) is 6.84. The van der Waals surface area contributed by atoms with Gasteiger partial charge in [0, 0.05) is 13.1 Å². The monoisotopic (exact) mass is 249 g/mol. The molecule has 1 aliphatic rings. The molecule has 1 saturated heterocycles. The van der Waals surface area contributed by atoms with Crippen LogP contribution in [0.1, 0.15) is 19.8 Å². The molecule has 1 fully saturated rings. The van der Waals surface area contributed by atoms with Gasteiger partial charge in [-0.25, -0.2) is 0 Å². The van der Waals surface area contributed by atoms with Gasteiger partial charge in [0.25, 0.3) is 0 Å². The van der Waals surface area contributed by atoms with E-state index in [2.05, 4.69) is 11.8 Å². The fraction of sp³-hybridized carbons (Fsp3) is 0.600. The van der Waals surface area contributed by atoms with E-state index in [0.29, 0.717) is 5.92 Å². The van der Waals surface area contributed by atoms with Crippen molar-refractivity contribution in [3.63, 3.8) is 0 Å². The average Bonchev–Trinajstić information content (AvgIpc) is 2.40. The summed E-state index contributed by atoms with van der Waals surface area (Å²) in [4.78, 5) is 2.33. The van der Waals surface area contributed by atoms with E-state index in [9.17, 15) is 5.11 Å². The van der Waals surface area contributed by atoms with E-state index in [1.54, 1.807) is 0 Å². The van der Waals surface area contributed by atoms with Crippen molar-refractivity contribution in [2.75, 3.05) is 26.2 Å². The van der Waals surface area contributed by atoms with Crippen molar-refractivity contribution in [1.82, 2.24) is 4.90 Å². The summed E-state index contributed by atoms with van der Waals surface area (Å²) in [5.74, 6) is 1.38. The number of para-hydroxylation sites is 1. The second-order valence-electron chi connectivity index (χ2n) is 5.15. The summed E-state index contributed by atoms with van der Waals surface area (Å²) in [5.41, 5.74) is 0. The zero-order valence-corrected chi connectivity index (χ0v) is 11.1.